The normalized spacial score (nSPS) is 13.5. The second-order valence-corrected chi connectivity index (χ2v) is 7.87. The van der Waals surface area contributed by atoms with E-state index >= 15 is 0 Å². The number of piperazine rings is 1. The summed E-state index contributed by atoms with van der Waals surface area (Å²) in [4.78, 5) is 40.8. The van der Waals surface area contributed by atoms with Gasteiger partial charge in [-0.15, -0.1) is 0 Å². The summed E-state index contributed by atoms with van der Waals surface area (Å²) < 4.78 is 14.5. The smallest absolute Gasteiger partial charge is 0.256 e. The molecular weight excluding hydrogens is 421 g/mol. The van der Waals surface area contributed by atoms with Gasteiger partial charge in [0.1, 0.15) is 5.82 Å². The summed E-state index contributed by atoms with van der Waals surface area (Å²) in [7, 11) is 0. The van der Waals surface area contributed by atoms with Crippen LogP contribution in [0.4, 0.5) is 15.8 Å². The Morgan fingerprint density at radius 2 is 1.48 bits per heavy atom. The van der Waals surface area contributed by atoms with Crippen molar-refractivity contribution in [1.29, 1.82) is 0 Å². The molecule has 0 saturated carbocycles. The van der Waals surface area contributed by atoms with Crippen molar-refractivity contribution in [2.24, 2.45) is 0 Å². The van der Waals surface area contributed by atoms with Crippen molar-refractivity contribution in [3.05, 3.63) is 95.3 Å². The maximum absolute atomic E-state index is 14.5. The molecule has 1 saturated heterocycles. The van der Waals surface area contributed by atoms with Gasteiger partial charge in [0, 0.05) is 37.3 Å². The van der Waals surface area contributed by atoms with Crippen LogP contribution in [-0.2, 0) is 0 Å². The first-order valence-corrected chi connectivity index (χ1v) is 10.7. The van der Waals surface area contributed by atoms with Gasteiger partial charge in [-0.2, -0.15) is 0 Å². The zero-order valence-electron chi connectivity index (χ0n) is 18.3. The van der Waals surface area contributed by atoms with Crippen LogP contribution in [0.2, 0.25) is 0 Å². The molecule has 1 aliphatic heterocycles. The van der Waals surface area contributed by atoms with Crippen LogP contribution in [0.1, 0.15) is 38.0 Å². The van der Waals surface area contributed by atoms with Gasteiger partial charge in [0.15, 0.2) is 5.78 Å². The van der Waals surface area contributed by atoms with Crippen molar-refractivity contribution in [3.8, 4) is 0 Å². The fourth-order valence-electron chi connectivity index (χ4n) is 3.87. The Morgan fingerprint density at radius 3 is 2.15 bits per heavy atom. The van der Waals surface area contributed by atoms with Crippen molar-refractivity contribution in [2.45, 2.75) is 6.92 Å². The van der Waals surface area contributed by atoms with Crippen LogP contribution in [0.25, 0.3) is 0 Å². The molecule has 7 heteroatoms. The fraction of sp³-hybridized carbons (Fsp3) is 0.192. The number of rotatable bonds is 5. The number of nitrogens with zero attached hydrogens (tertiary/aromatic N) is 2. The largest absolute Gasteiger partial charge is 0.366 e. The maximum Gasteiger partial charge on any atom is 0.256 e. The number of para-hydroxylation sites is 1. The van der Waals surface area contributed by atoms with Crippen LogP contribution in [0, 0.1) is 5.82 Å². The molecule has 4 rings (SSSR count). The molecule has 2 amide bonds. The zero-order valence-corrected chi connectivity index (χ0v) is 18.3. The Labute approximate surface area is 191 Å². The third-order valence-corrected chi connectivity index (χ3v) is 5.70. The Morgan fingerprint density at radius 1 is 0.818 bits per heavy atom. The number of nitrogens with one attached hydrogen (secondary N) is 1. The predicted octanol–water partition coefficient (Wildman–Crippen LogP) is 4.24. The fourth-order valence-corrected chi connectivity index (χ4v) is 3.87. The van der Waals surface area contributed by atoms with E-state index in [-0.39, 0.29) is 17.6 Å². The zero-order chi connectivity index (χ0) is 23.4. The summed E-state index contributed by atoms with van der Waals surface area (Å²) in [6, 6.07) is 20.2. The minimum atomic E-state index is -0.448. The van der Waals surface area contributed by atoms with Crippen molar-refractivity contribution in [2.75, 3.05) is 36.4 Å². The minimum Gasteiger partial charge on any atom is -0.366 e. The number of amides is 2. The number of ketones is 1. The molecule has 0 aliphatic carbocycles. The van der Waals surface area contributed by atoms with E-state index in [0.29, 0.717) is 54.2 Å². The lowest BCUT2D eigenvalue weighted by atomic mass is 10.1. The summed E-state index contributed by atoms with van der Waals surface area (Å²) in [6.07, 6.45) is 0. The second kappa shape index (κ2) is 9.65. The van der Waals surface area contributed by atoms with Gasteiger partial charge >= 0.3 is 0 Å². The van der Waals surface area contributed by atoms with Crippen LogP contribution in [0.15, 0.2) is 72.8 Å². The molecule has 1 fully saturated rings. The van der Waals surface area contributed by atoms with E-state index in [0.717, 1.165) is 0 Å². The number of carbonyl (C=O) groups is 3. The Balaban J connectivity index is 1.44. The Bertz CT molecular complexity index is 1190. The summed E-state index contributed by atoms with van der Waals surface area (Å²) in [5, 5.41) is 2.83. The van der Waals surface area contributed by atoms with Gasteiger partial charge in [-0.05, 0) is 49.4 Å². The summed E-state index contributed by atoms with van der Waals surface area (Å²) in [5.74, 6) is -1.11. The van der Waals surface area contributed by atoms with E-state index in [9.17, 15) is 18.8 Å². The molecule has 1 aliphatic rings. The van der Waals surface area contributed by atoms with Crippen molar-refractivity contribution in [3.63, 3.8) is 0 Å². The van der Waals surface area contributed by atoms with E-state index in [1.165, 1.54) is 13.0 Å². The van der Waals surface area contributed by atoms with Crippen LogP contribution in [0.3, 0.4) is 0 Å². The van der Waals surface area contributed by atoms with Crippen LogP contribution >= 0.6 is 0 Å². The maximum atomic E-state index is 14.5. The molecule has 1 heterocycles. The number of halogens is 1. The molecule has 0 spiro atoms. The van der Waals surface area contributed by atoms with Crippen molar-refractivity contribution in [1.82, 2.24) is 4.90 Å². The average Bonchev–Trinajstić information content (AvgIpc) is 2.84. The van der Waals surface area contributed by atoms with Gasteiger partial charge in [0.05, 0.1) is 16.9 Å². The van der Waals surface area contributed by atoms with Crippen molar-refractivity contribution < 1.29 is 18.8 Å². The highest BCUT2D eigenvalue weighted by Crippen LogP contribution is 2.24. The standard InChI is InChI=1S/C26H24FN3O3/c1-18(31)20-11-12-24(22(27)17-20)29-13-15-30(16-14-29)26(33)21-9-5-6-10-23(21)28-25(32)19-7-3-2-4-8-19/h2-12,17H,13-16H2,1H3,(H,28,32). The second-order valence-electron chi connectivity index (χ2n) is 7.87. The molecule has 0 bridgehead atoms. The number of benzene rings is 3. The Hall–Kier alpha value is -4.00. The lowest BCUT2D eigenvalue weighted by molar-refractivity contribution is 0.0747. The first-order chi connectivity index (χ1) is 15.9. The quantitative estimate of drug-likeness (QED) is 0.597. The summed E-state index contributed by atoms with van der Waals surface area (Å²) >= 11 is 0. The number of hydrogen-bond acceptors (Lipinski definition) is 4. The van der Waals surface area contributed by atoms with E-state index in [1.54, 1.807) is 65.6 Å². The molecular formula is C26H24FN3O3. The molecule has 6 nitrogen and oxygen atoms in total. The molecule has 1 N–H and O–H groups in total. The molecule has 0 radical (unpaired) electrons. The van der Waals surface area contributed by atoms with E-state index in [2.05, 4.69) is 5.32 Å². The average molecular weight is 445 g/mol. The first-order valence-electron chi connectivity index (χ1n) is 10.7. The third-order valence-electron chi connectivity index (χ3n) is 5.70. The topological polar surface area (TPSA) is 69.7 Å². The van der Waals surface area contributed by atoms with Gasteiger partial charge in [0.25, 0.3) is 11.8 Å². The molecule has 0 unspecified atom stereocenters. The van der Waals surface area contributed by atoms with E-state index in [1.807, 2.05) is 11.0 Å². The summed E-state index contributed by atoms with van der Waals surface area (Å²) in [6.45, 7) is 3.14. The number of Topliss-reactive ketones (excluding diaryl/α,β-unsaturated/α-hetero) is 1. The number of hydrogen-bond donors (Lipinski definition) is 1. The Kier molecular flexibility index (Phi) is 6.49. The molecule has 168 valence electrons. The molecule has 0 atom stereocenters. The van der Waals surface area contributed by atoms with Gasteiger partial charge in [-0.3, -0.25) is 14.4 Å². The highest BCUT2D eigenvalue weighted by Gasteiger charge is 2.25. The van der Waals surface area contributed by atoms with Gasteiger partial charge in [-0.1, -0.05) is 30.3 Å². The molecule has 33 heavy (non-hydrogen) atoms. The van der Waals surface area contributed by atoms with Crippen LogP contribution in [0.5, 0.6) is 0 Å². The molecule has 3 aromatic rings. The highest BCUT2D eigenvalue weighted by atomic mass is 19.1. The number of carbonyl (C=O) groups excluding carboxylic acids is 3. The van der Waals surface area contributed by atoms with Crippen molar-refractivity contribution >= 4 is 29.0 Å². The van der Waals surface area contributed by atoms with Gasteiger partial charge < -0.3 is 15.1 Å². The van der Waals surface area contributed by atoms with E-state index < -0.39 is 5.82 Å². The van der Waals surface area contributed by atoms with E-state index in [4.69, 9.17) is 0 Å². The summed E-state index contributed by atoms with van der Waals surface area (Å²) in [5.41, 5.74) is 2.12. The minimum absolute atomic E-state index is 0.186. The molecule has 0 aromatic heterocycles. The van der Waals surface area contributed by atoms with Crippen LogP contribution < -0.4 is 10.2 Å². The third kappa shape index (κ3) is 4.92. The number of anilines is 2. The lowest BCUT2D eigenvalue weighted by Gasteiger charge is -2.36. The first kappa shape index (κ1) is 22.2. The molecule has 3 aromatic carbocycles. The monoisotopic (exact) mass is 445 g/mol. The van der Waals surface area contributed by atoms with Gasteiger partial charge in [-0.25, -0.2) is 4.39 Å². The lowest BCUT2D eigenvalue weighted by Crippen LogP contribution is -2.49. The highest BCUT2D eigenvalue weighted by molar-refractivity contribution is 6.09. The van der Waals surface area contributed by atoms with Gasteiger partial charge in [0.2, 0.25) is 0 Å². The SMILES string of the molecule is CC(=O)c1ccc(N2CCN(C(=O)c3ccccc3NC(=O)c3ccccc3)CC2)c(F)c1. The van der Waals surface area contributed by atoms with Crippen LogP contribution in [-0.4, -0.2) is 48.7 Å². The predicted molar refractivity (Wildman–Crippen MR) is 125 cm³/mol.